The Kier molecular flexibility index (Phi) is 7.30. The van der Waals surface area contributed by atoms with Crippen molar-refractivity contribution < 1.29 is 14.3 Å². The van der Waals surface area contributed by atoms with Gasteiger partial charge in [-0.15, -0.1) is 11.8 Å². The number of amides is 1. The number of thioether (sulfide) groups is 1. The first-order valence-electron chi connectivity index (χ1n) is 6.68. The summed E-state index contributed by atoms with van der Waals surface area (Å²) in [5.74, 6) is 2.45. The monoisotopic (exact) mass is 297 g/mol. The number of rotatable bonds is 8. The van der Waals surface area contributed by atoms with Crippen molar-refractivity contribution in [1.82, 2.24) is 5.32 Å². The summed E-state index contributed by atoms with van der Waals surface area (Å²) in [5, 5.41) is 2.92. The Morgan fingerprint density at radius 2 is 1.95 bits per heavy atom. The molecule has 0 saturated carbocycles. The average Bonchev–Trinajstić information content (AvgIpc) is 2.44. The molecule has 0 bridgehead atoms. The number of nitrogens with one attached hydrogen (secondary N) is 1. The molecule has 4 nitrogen and oxygen atoms in total. The molecule has 0 saturated heterocycles. The second-order valence-electron chi connectivity index (χ2n) is 4.84. The minimum Gasteiger partial charge on any atom is -0.493 e. The van der Waals surface area contributed by atoms with E-state index in [1.807, 2.05) is 18.2 Å². The van der Waals surface area contributed by atoms with Gasteiger partial charge in [-0.05, 0) is 30.5 Å². The maximum Gasteiger partial charge on any atom is 0.230 e. The molecule has 0 fully saturated rings. The Balaban J connectivity index is 2.43. The van der Waals surface area contributed by atoms with E-state index in [1.165, 1.54) is 11.8 Å². The number of carbonyl (C=O) groups excluding carboxylic acids is 1. The third-order valence-corrected chi connectivity index (χ3v) is 3.76. The molecule has 20 heavy (non-hydrogen) atoms. The summed E-state index contributed by atoms with van der Waals surface area (Å²) in [6, 6.07) is 5.65. The lowest BCUT2D eigenvalue weighted by molar-refractivity contribution is -0.118. The molecule has 0 radical (unpaired) electrons. The normalized spacial score (nSPS) is 10.4. The molecule has 1 N–H and O–H groups in total. The fourth-order valence-electron chi connectivity index (χ4n) is 1.61. The van der Waals surface area contributed by atoms with Crippen LogP contribution in [0.3, 0.4) is 0 Å². The molecule has 1 aromatic carbocycles. The van der Waals surface area contributed by atoms with Crippen LogP contribution in [0.1, 0.15) is 20.3 Å². The molecule has 0 unspecified atom stereocenters. The molecule has 0 aromatic heterocycles. The second-order valence-corrected chi connectivity index (χ2v) is 5.89. The molecular formula is C15H23NO3S. The zero-order chi connectivity index (χ0) is 15.0. The number of hydrogen-bond donors (Lipinski definition) is 1. The molecule has 1 rings (SSSR count). The van der Waals surface area contributed by atoms with Crippen LogP contribution in [0.15, 0.2) is 23.1 Å². The van der Waals surface area contributed by atoms with Crippen molar-refractivity contribution >= 4 is 17.7 Å². The lowest BCUT2D eigenvalue weighted by atomic mass is 10.1. The zero-order valence-corrected chi connectivity index (χ0v) is 13.4. The minimum absolute atomic E-state index is 0.0606. The van der Waals surface area contributed by atoms with Crippen molar-refractivity contribution in [3.63, 3.8) is 0 Å². The molecule has 0 aliphatic carbocycles. The highest BCUT2D eigenvalue weighted by Gasteiger charge is 2.07. The Hall–Kier alpha value is -1.36. The van der Waals surface area contributed by atoms with Crippen LogP contribution in [0.5, 0.6) is 11.5 Å². The summed E-state index contributed by atoms with van der Waals surface area (Å²) in [4.78, 5) is 12.7. The molecule has 0 heterocycles. The number of carbonyl (C=O) groups is 1. The molecular weight excluding hydrogens is 274 g/mol. The van der Waals surface area contributed by atoms with Gasteiger partial charge in [0.2, 0.25) is 5.91 Å². The predicted octanol–water partition coefficient (Wildman–Crippen LogP) is 2.96. The van der Waals surface area contributed by atoms with Crippen LogP contribution in [0.25, 0.3) is 0 Å². The number of ether oxygens (including phenoxy) is 2. The van der Waals surface area contributed by atoms with Gasteiger partial charge in [-0.3, -0.25) is 4.79 Å². The van der Waals surface area contributed by atoms with E-state index in [2.05, 4.69) is 19.2 Å². The predicted molar refractivity (Wildman–Crippen MR) is 82.7 cm³/mol. The Morgan fingerprint density at radius 3 is 2.55 bits per heavy atom. The highest BCUT2D eigenvalue weighted by atomic mass is 32.2. The smallest absolute Gasteiger partial charge is 0.230 e. The molecule has 1 amide bonds. The van der Waals surface area contributed by atoms with Gasteiger partial charge in [-0.25, -0.2) is 0 Å². The topological polar surface area (TPSA) is 47.6 Å². The highest BCUT2D eigenvalue weighted by Crippen LogP contribution is 2.31. The standard InChI is InChI=1S/C15H23NO3S/c1-11(2)7-8-16-15(17)10-20-12-5-6-13(18-3)14(9-12)19-4/h5-6,9,11H,7-8,10H2,1-4H3,(H,16,17). The van der Waals surface area contributed by atoms with Crippen LogP contribution in [-0.2, 0) is 4.79 Å². The van der Waals surface area contributed by atoms with Crippen molar-refractivity contribution in [2.45, 2.75) is 25.2 Å². The molecule has 0 aliphatic rings. The van der Waals surface area contributed by atoms with E-state index in [9.17, 15) is 4.79 Å². The SMILES string of the molecule is COc1ccc(SCC(=O)NCCC(C)C)cc1OC. The van der Waals surface area contributed by atoms with E-state index in [0.717, 1.165) is 17.9 Å². The van der Waals surface area contributed by atoms with Gasteiger partial charge in [-0.2, -0.15) is 0 Å². The van der Waals surface area contributed by atoms with Crippen molar-refractivity contribution in [3.8, 4) is 11.5 Å². The van der Waals surface area contributed by atoms with Crippen molar-refractivity contribution in [1.29, 1.82) is 0 Å². The summed E-state index contributed by atoms with van der Waals surface area (Å²) in [6.45, 7) is 5.03. The Bertz CT molecular complexity index is 435. The van der Waals surface area contributed by atoms with Crippen LogP contribution in [0.4, 0.5) is 0 Å². The van der Waals surface area contributed by atoms with Gasteiger partial charge in [0.05, 0.1) is 20.0 Å². The Morgan fingerprint density at radius 1 is 1.25 bits per heavy atom. The molecule has 1 aromatic rings. The lowest BCUT2D eigenvalue weighted by Gasteiger charge is -2.10. The van der Waals surface area contributed by atoms with Gasteiger partial charge in [0, 0.05) is 11.4 Å². The van der Waals surface area contributed by atoms with Crippen LogP contribution < -0.4 is 14.8 Å². The van der Waals surface area contributed by atoms with Gasteiger partial charge < -0.3 is 14.8 Å². The van der Waals surface area contributed by atoms with E-state index in [4.69, 9.17) is 9.47 Å². The summed E-state index contributed by atoms with van der Waals surface area (Å²) >= 11 is 1.49. The number of benzene rings is 1. The third-order valence-electron chi connectivity index (χ3n) is 2.77. The number of hydrogen-bond acceptors (Lipinski definition) is 4. The third kappa shape index (κ3) is 5.74. The molecule has 5 heteroatoms. The van der Waals surface area contributed by atoms with Gasteiger partial charge in [0.1, 0.15) is 0 Å². The number of methoxy groups -OCH3 is 2. The second kappa shape index (κ2) is 8.74. The van der Waals surface area contributed by atoms with Gasteiger partial charge >= 0.3 is 0 Å². The van der Waals surface area contributed by atoms with E-state index in [0.29, 0.717) is 23.2 Å². The average molecular weight is 297 g/mol. The molecule has 112 valence electrons. The lowest BCUT2D eigenvalue weighted by Crippen LogP contribution is -2.26. The first-order valence-corrected chi connectivity index (χ1v) is 7.67. The highest BCUT2D eigenvalue weighted by molar-refractivity contribution is 8.00. The first-order chi connectivity index (χ1) is 9.56. The van der Waals surface area contributed by atoms with Crippen molar-refractivity contribution in [2.75, 3.05) is 26.5 Å². The fraction of sp³-hybridized carbons (Fsp3) is 0.533. The van der Waals surface area contributed by atoms with Crippen LogP contribution >= 0.6 is 11.8 Å². The summed E-state index contributed by atoms with van der Waals surface area (Å²) in [5.41, 5.74) is 0. The molecule has 0 spiro atoms. The molecule has 0 atom stereocenters. The van der Waals surface area contributed by atoms with E-state index < -0.39 is 0 Å². The largest absolute Gasteiger partial charge is 0.493 e. The summed E-state index contributed by atoms with van der Waals surface area (Å²) in [6.07, 6.45) is 1.01. The summed E-state index contributed by atoms with van der Waals surface area (Å²) < 4.78 is 10.4. The van der Waals surface area contributed by atoms with E-state index in [1.54, 1.807) is 14.2 Å². The van der Waals surface area contributed by atoms with E-state index >= 15 is 0 Å². The summed E-state index contributed by atoms with van der Waals surface area (Å²) in [7, 11) is 3.21. The maximum atomic E-state index is 11.7. The zero-order valence-electron chi connectivity index (χ0n) is 12.6. The quantitative estimate of drug-likeness (QED) is 0.749. The van der Waals surface area contributed by atoms with Crippen molar-refractivity contribution in [2.24, 2.45) is 5.92 Å². The van der Waals surface area contributed by atoms with Crippen LogP contribution in [-0.4, -0.2) is 32.4 Å². The minimum atomic E-state index is 0.0606. The van der Waals surface area contributed by atoms with Crippen molar-refractivity contribution in [3.05, 3.63) is 18.2 Å². The van der Waals surface area contributed by atoms with E-state index in [-0.39, 0.29) is 5.91 Å². The first kappa shape index (κ1) is 16.7. The molecule has 0 aliphatic heterocycles. The van der Waals surface area contributed by atoms with Gasteiger partial charge in [0.25, 0.3) is 0 Å². The van der Waals surface area contributed by atoms with Crippen LogP contribution in [0, 0.1) is 5.92 Å². The van der Waals surface area contributed by atoms with Gasteiger partial charge in [0.15, 0.2) is 11.5 Å². The fourth-order valence-corrected chi connectivity index (χ4v) is 2.36. The van der Waals surface area contributed by atoms with Gasteiger partial charge in [-0.1, -0.05) is 13.8 Å². The maximum absolute atomic E-state index is 11.7. The Labute approximate surface area is 125 Å². The van der Waals surface area contributed by atoms with Crippen LogP contribution in [0.2, 0.25) is 0 Å².